The van der Waals surface area contributed by atoms with Gasteiger partial charge in [-0.2, -0.15) is 8.42 Å². The van der Waals surface area contributed by atoms with Crippen LogP contribution < -0.4 is 14.4 Å². The topological polar surface area (TPSA) is 66.8 Å². The second-order valence-electron chi connectivity index (χ2n) is 7.38. The number of ether oxygens (including phenoxy) is 1. The third-order valence-electron chi connectivity index (χ3n) is 5.46. The van der Waals surface area contributed by atoms with Crippen molar-refractivity contribution >= 4 is 32.3 Å². The van der Waals surface area contributed by atoms with Crippen LogP contribution in [-0.2, 0) is 17.1 Å². The Labute approximate surface area is 171 Å². The van der Waals surface area contributed by atoms with Gasteiger partial charge in [-0.3, -0.25) is 4.72 Å². The Balaban J connectivity index is 1.66. The molecule has 8 heteroatoms. The van der Waals surface area contributed by atoms with E-state index in [1.54, 1.807) is 30.9 Å². The lowest BCUT2D eigenvalue weighted by Crippen LogP contribution is -2.44. The van der Waals surface area contributed by atoms with Crippen molar-refractivity contribution in [3.8, 4) is 5.75 Å². The van der Waals surface area contributed by atoms with Crippen molar-refractivity contribution < 1.29 is 13.2 Å². The number of rotatable bonds is 5. The van der Waals surface area contributed by atoms with Gasteiger partial charge in [-0.05, 0) is 37.4 Å². The zero-order valence-electron chi connectivity index (χ0n) is 16.9. The van der Waals surface area contributed by atoms with Crippen LogP contribution in [0.25, 0.3) is 10.9 Å². The molecule has 154 valence electrons. The fourth-order valence-electron chi connectivity index (χ4n) is 3.78. The van der Waals surface area contributed by atoms with Crippen molar-refractivity contribution in [2.45, 2.75) is 5.03 Å². The molecular weight excluding hydrogens is 388 g/mol. The van der Waals surface area contributed by atoms with Crippen molar-refractivity contribution in [3.05, 3.63) is 48.5 Å². The number of fused-ring (bicyclic) bond motifs is 1. The predicted octanol–water partition coefficient (Wildman–Crippen LogP) is 2.74. The van der Waals surface area contributed by atoms with Crippen LogP contribution >= 0.6 is 0 Å². The van der Waals surface area contributed by atoms with Crippen LogP contribution in [0, 0.1) is 0 Å². The molecule has 0 aliphatic carbocycles. The summed E-state index contributed by atoms with van der Waals surface area (Å²) in [6.45, 7) is 3.64. The summed E-state index contributed by atoms with van der Waals surface area (Å²) in [6, 6.07) is 14.7. The molecule has 1 aliphatic rings. The number of aryl methyl sites for hydroxylation is 1. The van der Waals surface area contributed by atoms with E-state index in [9.17, 15) is 8.42 Å². The fourth-order valence-corrected chi connectivity index (χ4v) is 5.06. The number of aromatic nitrogens is 1. The Bertz CT molecular complexity index is 1130. The van der Waals surface area contributed by atoms with Gasteiger partial charge in [-0.15, -0.1) is 0 Å². The molecular formula is C21H26N4O3S. The Hall–Kier alpha value is -2.71. The molecule has 0 amide bonds. The number of sulfonamides is 1. The quantitative estimate of drug-likeness (QED) is 0.695. The maximum absolute atomic E-state index is 13.1. The first-order valence-corrected chi connectivity index (χ1v) is 11.1. The molecule has 0 radical (unpaired) electrons. The summed E-state index contributed by atoms with van der Waals surface area (Å²) < 4.78 is 36.1. The lowest BCUT2D eigenvalue weighted by Gasteiger charge is -2.35. The van der Waals surface area contributed by atoms with E-state index in [4.69, 9.17) is 4.74 Å². The molecule has 1 fully saturated rings. The van der Waals surface area contributed by atoms with Crippen LogP contribution in [0.2, 0.25) is 0 Å². The highest BCUT2D eigenvalue weighted by molar-refractivity contribution is 7.92. The number of piperazine rings is 1. The number of likely N-dealkylation sites (N-methyl/N-ethyl adjacent to an activating group) is 1. The Kier molecular flexibility index (Phi) is 5.14. The Morgan fingerprint density at radius 2 is 1.69 bits per heavy atom. The first-order chi connectivity index (χ1) is 13.9. The third kappa shape index (κ3) is 3.77. The molecule has 0 atom stereocenters. The number of nitrogens with zero attached hydrogens (tertiary/aromatic N) is 3. The summed E-state index contributed by atoms with van der Waals surface area (Å²) in [7, 11) is 1.76. The first kappa shape index (κ1) is 19.6. The number of hydrogen-bond acceptors (Lipinski definition) is 5. The Morgan fingerprint density at radius 3 is 2.38 bits per heavy atom. The summed E-state index contributed by atoms with van der Waals surface area (Å²) in [6.07, 6.45) is 0. The van der Waals surface area contributed by atoms with E-state index in [1.807, 2.05) is 36.4 Å². The van der Waals surface area contributed by atoms with Crippen LogP contribution in [0.3, 0.4) is 0 Å². The van der Waals surface area contributed by atoms with E-state index in [1.165, 1.54) is 0 Å². The molecule has 2 heterocycles. The molecule has 4 rings (SSSR count). The van der Waals surface area contributed by atoms with Crippen LogP contribution in [0.15, 0.2) is 53.6 Å². The number of para-hydroxylation sites is 1. The minimum Gasteiger partial charge on any atom is -0.495 e. The van der Waals surface area contributed by atoms with E-state index >= 15 is 0 Å². The van der Waals surface area contributed by atoms with E-state index in [2.05, 4.69) is 21.6 Å². The van der Waals surface area contributed by atoms with Crippen LogP contribution in [0.5, 0.6) is 5.75 Å². The van der Waals surface area contributed by atoms with Gasteiger partial charge in [0.25, 0.3) is 10.0 Å². The molecule has 0 spiro atoms. The maximum atomic E-state index is 13.1. The molecule has 1 aromatic heterocycles. The van der Waals surface area contributed by atoms with Gasteiger partial charge in [0.2, 0.25) is 0 Å². The number of benzene rings is 2. The smallest absolute Gasteiger partial charge is 0.277 e. The summed E-state index contributed by atoms with van der Waals surface area (Å²) in [5, 5.41) is 1.12. The number of hydrogen-bond donors (Lipinski definition) is 1. The van der Waals surface area contributed by atoms with Gasteiger partial charge in [0, 0.05) is 44.1 Å². The van der Waals surface area contributed by atoms with Gasteiger partial charge in [-0.25, -0.2) is 0 Å². The van der Waals surface area contributed by atoms with Gasteiger partial charge in [0.15, 0.2) is 5.03 Å². The Morgan fingerprint density at radius 1 is 0.966 bits per heavy atom. The highest BCUT2D eigenvalue weighted by Gasteiger charge is 2.22. The monoisotopic (exact) mass is 414 g/mol. The molecule has 2 aromatic carbocycles. The molecule has 1 aliphatic heterocycles. The SMILES string of the molecule is COc1ccc(NS(=O)(=O)c2cc3ccccc3n2C)cc1N1CCN(C)CC1. The molecule has 1 N–H and O–H groups in total. The lowest BCUT2D eigenvalue weighted by molar-refractivity contribution is 0.311. The first-order valence-electron chi connectivity index (χ1n) is 9.58. The summed E-state index contributed by atoms with van der Waals surface area (Å²) in [4.78, 5) is 4.50. The second kappa shape index (κ2) is 7.61. The predicted molar refractivity (Wildman–Crippen MR) is 116 cm³/mol. The highest BCUT2D eigenvalue weighted by atomic mass is 32.2. The number of nitrogens with one attached hydrogen (secondary N) is 1. The van der Waals surface area contributed by atoms with Gasteiger partial charge in [-0.1, -0.05) is 18.2 Å². The number of anilines is 2. The largest absolute Gasteiger partial charge is 0.495 e. The van der Waals surface area contributed by atoms with Crippen molar-refractivity contribution in [2.75, 3.05) is 50.0 Å². The van der Waals surface area contributed by atoms with Crippen molar-refractivity contribution in [3.63, 3.8) is 0 Å². The van der Waals surface area contributed by atoms with Gasteiger partial charge >= 0.3 is 0 Å². The van der Waals surface area contributed by atoms with Crippen LogP contribution in [0.4, 0.5) is 11.4 Å². The van der Waals surface area contributed by atoms with Gasteiger partial charge in [0.1, 0.15) is 5.75 Å². The normalized spacial score (nSPS) is 15.6. The van der Waals surface area contributed by atoms with Crippen LogP contribution in [-0.4, -0.2) is 58.2 Å². The average molecular weight is 415 g/mol. The molecule has 0 saturated carbocycles. The van der Waals surface area contributed by atoms with Crippen molar-refractivity contribution in [2.24, 2.45) is 7.05 Å². The van der Waals surface area contributed by atoms with E-state index in [0.29, 0.717) is 5.69 Å². The molecule has 0 unspecified atom stereocenters. The molecule has 29 heavy (non-hydrogen) atoms. The van der Waals surface area contributed by atoms with Gasteiger partial charge in [0.05, 0.1) is 18.5 Å². The zero-order chi connectivity index (χ0) is 20.6. The third-order valence-corrected chi connectivity index (χ3v) is 6.90. The minimum absolute atomic E-state index is 0.232. The molecule has 1 saturated heterocycles. The van der Waals surface area contributed by atoms with Gasteiger partial charge < -0.3 is 19.1 Å². The average Bonchev–Trinajstić information content (AvgIpc) is 3.06. The summed E-state index contributed by atoms with van der Waals surface area (Å²) >= 11 is 0. The van der Waals surface area contributed by atoms with E-state index < -0.39 is 10.0 Å². The minimum atomic E-state index is -3.74. The number of methoxy groups -OCH3 is 1. The van der Waals surface area contributed by atoms with Crippen molar-refractivity contribution in [1.29, 1.82) is 0 Å². The summed E-state index contributed by atoms with van der Waals surface area (Å²) in [5.41, 5.74) is 2.29. The summed E-state index contributed by atoms with van der Waals surface area (Å²) in [5.74, 6) is 0.738. The highest BCUT2D eigenvalue weighted by Crippen LogP contribution is 2.33. The van der Waals surface area contributed by atoms with Crippen molar-refractivity contribution in [1.82, 2.24) is 9.47 Å². The molecule has 3 aromatic rings. The second-order valence-corrected chi connectivity index (χ2v) is 9.01. The molecule has 7 nitrogen and oxygen atoms in total. The van der Waals surface area contributed by atoms with Crippen LogP contribution in [0.1, 0.15) is 0 Å². The lowest BCUT2D eigenvalue weighted by atomic mass is 10.2. The standard InChI is InChI=1S/C21H26N4O3S/c1-23-10-12-25(13-11-23)19-15-17(8-9-20(19)28-3)22-29(26,27)21-14-16-6-4-5-7-18(16)24(21)2/h4-9,14-15,22H,10-13H2,1-3H3. The molecule has 0 bridgehead atoms. The van der Waals surface area contributed by atoms with E-state index in [-0.39, 0.29) is 5.03 Å². The fraction of sp³-hybridized carbons (Fsp3) is 0.333. The maximum Gasteiger partial charge on any atom is 0.277 e. The van der Waals surface area contributed by atoms with E-state index in [0.717, 1.165) is 48.5 Å². The zero-order valence-corrected chi connectivity index (χ0v) is 17.7.